The van der Waals surface area contributed by atoms with Crippen LogP contribution < -0.4 is 4.90 Å². The summed E-state index contributed by atoms with van der Waals surface area (Å²) in [6.07, 6.45) is -0.855. The van der Waals surface area contributed by atoms with Gasteiger partial charge in [-0.15, -0.1) is 0 Å². The Morgan fingerprint density at radius 3 is 2.47 bits per heavy atom. The van der Waals surface area contributed by atoms with E-state index in [2.05, 4.69) is 0 Å². The predicted molar refractivity (Wildman–Crippen MR) is 68.6 cm³/mol. The largest absolute Gasteiger partial charge is 0.443 e. The molecule has 2 rings (SSSR count). The Labute approximate surface area is 111 Å². The van der Waals surface area contributed by atoms with Crippen LogP contribution >= 0.6 is 0 Å². The van der Waals surface area contributed by atoms with Crippen LogP contribution in [0, 0.1) is 0 Å². The van der Waals surface area contributed by atoms with Gasteiger partial charge in [0.15, 0.2) is 0 Å². The second kappa shape index (κ2) is 4.05. The SMILES string of the molecule is CC(C)(C)OC(=O)N1C(=O)[C@@](C)(F)c2ccccc21. The molecule has 1 aliphatic rings. The third-order valence-electron chi connectivity index (χ3n) is 2.83. The minimum Gasteiger partial charge on any atom is -0.443 e. The fraction of sp³-hybridized carbons (Fsp3) is 0.429. The number of carbonyl (C=O) groups is 2. The number of benzene rings is 1. The molecule has 0 radical (unpaired) electrons. The van der Waals surface area contributed by atoms with E-state index in [0.717, 1.165) is 11.8 Å². The van der Waals surface area contributed by atoms with Gasteiger partial charge in [0.05, 0.1) is 5.69 Å². The number of fused-ring (bicyclic) bond motifs is 1. The molecule has 1 aliphatic heterocycles. The number of ether oxygens (including phenoxy) is 1. The first-order valence-electron chi connectivity index (χ1n) is 6.00. The van der Waals surface area contributed by atoms with Crippen molar-refractivity contribution >= 4 is 17.7 Å². The number of carbonyl (C=O) groups excluding carboxylic acids is 2. The van der Waals surface area contributed by atoms with Crippen LogP contribution in [0.2, 0.25) is 0 Å². The molecule has 0 bridgehead atoms. The number of imide groups is 1. The zero-order chi connectivity index (χ0) is 14.4. The molecule has 1 atom stereocenters. The van der Waals surface area contributed by atoms with Gasteiger partial charge in [-0.25, -0.2) is 14.1 Å². The number of hydrogen-bond acceptors (Lipinski definition) is 3. The van der Waals surface area contributed by atoms with Crippen LogP contribution in [-0.4, -0.2) is 17.6 Å². The van der Waals surface area contributed by atoms with Crippen LogP contribution in [0.4, 0.5) is 14.9 Å². The second-order valence-corrected chi connectivity index (χ2v) is 5.64. The first kappa shape index (κ1) is 13.5. The zero-order valence-corrected chi connectivity index (χ0v) is 11.4. The van der Waals surface area contributed by atoms with Gasteiger partial charge in [0.25, 0.3) is 5.91 Å². The van der Waals surface area contributed by atoms with Crippen LogP contribution in [0.5, 0.6) is 0 Å². The molecule has 0 saturated heterocycles. The quantitative estimate of drug-likeness (QED) is 0.724. The molecule has 0 unspecified atom stereocenters. The number of alkyl halides is 1. The van der Waals surface area contributed by atoms with Gasteiger partial charge in [-0.2, -0.15) is 0 Å². The molecule has 19 heavy (non-hydrogen) atoms. The molecule has 0 saturated carbocycles. The molecule has 4 nitrogen and oxygen atoms in total. The lowest BCUT2D eigenvalue weighted by Crippen LogP contribution is -2.42. The van der Waals surface area contributed by atoms with Crippen molar-refractivity contribution in [2.24, 2.45) is 0 Å². The van der Waals surface area contributed by atoms with Crippen molar-refractivity contribution in [3.63, 3.8) is 0 Å². The van der Waals surface area contributed by atoms with Crippen molar-refractivity contribution in [1.82, 2.24) is 0 Å². The average molecular weight is 265 g/mol. The fourth-order valence-electron chi connectivity index (χ4n) is 1.99. The van der Waals surface area contributed by atoms with Crippen LogP contribution in [0.15, 0.2) is 24.3 Å². The van der Waals surface area contributed by atoms with Crippen molar-refractivity contribution in [3.8, 4) is 0 Å². The lowest BCUT2D eigenvalue weighted by atomic mass is 10.0. The number of nitrogens with zero attached hydrogens (tertiary/aromatic N) is 1. The Balaban J connectivity index is 2.43. The van der Waals surface area contributed by atoms with Gasteiger partial charge < -0.3 is 4.74 Å². The van der Waals surface area contributed by atoms with E-state index in [1.807, 2.05) is 0 Å². The van der Waals surface area contributed by atoms with Crippen molar-refractivity contribution in [2.75, 3.05) is 4.90 Å². The number of amides is 2. The van der Waals surface area contributed by atoms with E-state index in [0.29, 0.717) is 0 Å². The molecule has 1 aromatic carbocycles. The molecule has 0 fully saturated rings. The Kier molecular flexibility index (Phi) is 2.88. The van der Waals surface area contributed by atoms with Gasteiger partial charge >= 0.3 is 6.09 Å². The molecule has 1 aromatic rings. The molecule has 0 spiro atoms. The summed E-state index contributed by atoms with van der Waals surface area (Å²) in [6.45, 7) is 6.21. The van der Waals surface area contributed by atoms with E-state index < -0.39 is 23.3 Å². The maximum absolute atomic E-state index is 14.4. The van der Waals surface area contributed by atoms with Gasteiger partial charge in [0, 0.05) is 5.56 Å². The molecular formula is C14H16FNO3. The van der Waals surface area contributed by atoms with Crippen LogP contribution in [-0.2, 0) is 15.2 Å². The van der Waals surface area contributed by atoms with Crippen molar-refractivity contribution < 1.29 is 18.7 Å². The highest BCUT2D eigenvalue weighted by Gasteiger charge is 2.51. The van der Waals surface area contributed by atoms with Crippen molar-refractivity contribution in [2.45, 2.75) is 39.0 Å². The van der Waals surface area contributed by atoms with Crippen molar-refractivity contribution in [3.05, 3.63) is 29.8 Å². The molecule has 0 N–H and O–H groups in total. The number of anilines is 1. The summed E-state index contributed by atoms with van der Waals surface area (Å²) in [5.41, 5.74) is -2.52. The molecular weight excluding hydrogens is 249 g/mol. The minimum absolute atomic E-state index is 0.186. The smallest absolute Gasteiger partial charge is 0.421 e. The Bertz CT molecular complexity index is 546. The first-order valence-corrected chi connectivity index (χ1v) is 6.00. The maximum atomic E-state index is 14.4. The maximum Gasteiger partial charge on any atom is 0.421 e. The molecule has 1 heterocycles. The van der Waals surface area contributed by atoms with Crippen LogP contribution in [0.3, 0.4) is 0 Å². The summed E-state index contributed by atoms with van der Waals surface area (Å²) in [4.78, 5) is 24.9. The Morgan fingerprint density at radius 2 is 1.89 bits per heavy atom. The zero-order valence-electron chi connectivity index (χ0n) is 11.4. The standard InChI is InChI=1S/C14H16FNO3/c1-13(2,3)19-12(18)16-10-8-6-5-7-9(10)14(4,15)11(16)17/h5-8H,1-4H3/t14-/m0/s1. The summed E-state index contributed by atoms with van der Waals surface area (Å²) in [6, 6.07) is 6.30. The molecule has 102 valence electrons. The minimum atomic E-state index is -2.20. The lowest BCUT2D eigenvalue weighted by Gasteiger charge is -2.24. The van der Waals surface area contributed by atoms with Gasteiger partial charge in [0.1, 0.15) is 5.60 Å². The second-order valence-electron chi connectivity index (χ2n) is 5.64. The third kappa shape index (κ3) is 2.20. The number of halogens is 1. The van der Waals surface area contributed by atoms with E-state index >= 15 is 0 Å². The Morgan fingerprint density at radius 1 is 1.32 bits per heavy atom. The summed E-state index contributed by atoms with van der Waals surface area (Å²) in [7, 11) is 0. The Hall–Kier alpha value is -1.91. The highest BCUT2D eigenvalue weighted by Crippen LogP contribution is 2.43. The fourth-order valence-corrected chi connectivity index (χ4v) is 1.99. The predicted octanol–water partition coefficient (Wildman–Crippen LogP) is 3.15. The van der Waals surface area contributed by atoms with E-state index in [9.17, 15) is 14.0 Å². The first-order chi connectivity index (χ1) is 8.64. The normalized spacial score (nSPS) is 22.4. The van der Waals surface area contributed by atoms with Crippen molar-refractivity contribution in [1.29, 1.82) is 0 Å². The topological polar surface area (TPSA) is 46.6 Å². The summed E-state index contributed by atoms with van der Waals surface area (Å²) in [5.74, 6) is -0.914. The van der Waals surface area contributed by atoms with E-state index in [1.54, 1.807) is 32.9 Å². The highest BCUT2D eigenvalue weighted by molar-refractivity contribution is 6.20. The van der Waals surface area contributed by atoms with Crippen LogP contribution in [0.1, 0.15) is 33.3 Å². The molecule has 5 heteroatoms. The highest BCUT2D eigenvalue weighted by atomic mass is 19.1. The summed E-state index contributed by atoms with van der Waals surface area (Å²) in [5, 5.41) is 0. The van der Waals surface area contributed by atoms with Gasteiger partial charge in [-0.1, -0.05) is 18.2 Å². The molecule has 0 aromatic heterocycles. The number of para-hydroxylation sites is 1. The monoisotopic (exact) mass is 265 g/mol. The lowest BCUT2D eigenvalue weighted by molar-refractivity contribution is -0.128. The average Bonchev–Trinajstić information content (AvgIpc) is 2.46. The number of rotatable bonds is 0. The number of hydrogen-bond donors (Lipinski definition) is 0. The van der Waals surface area contributed by atoms with E-state index in [4.69, 9.17) is 4.74 Å². The van der Waals surface area contributed by atoms with E-state index in [1.165, 1.54) is 12.1 Å². The van der Waals surface area contributed by atoms with E-state index in [-0.39, 0.29) is 11.3 Å². The van der Waals surface area contributed by atoms with Gasteiger partial charge in [-0.05, 0) is 33.8 Å². The van der Waals surface area contributed by atoms with Gasteiger partial charge in [-0.3, -0.25) is 4.79 Å². The molecule has 2 amide bonds. The van der Waals surface area contributed by atoms with Gasteiger partial charge in [0.2, 0.25) is 5.67 Å². The summed E-state index contributed by atoms with van der Waals surface area (Å²) >= 11 is 0. The van der Waals surface area contributed by atoms with Crippen LogP contribution in [0.25, 0.3) is 0 Å². The summed E-state index contributed by atoms with van der Waals surface area (Å²) < 4.78 is 19.6. The molecule has 0 aliphatic carbocycles. The third-order valence-corrected chi connectivity index (χ3v) is 2.83.